The molecule has 0 saturated heterocycles. The van der Waals surface area contributed by atoms with Gasteiger partial charge in [-0.1, -0.05) is 0 Å². The average Bonchev–Trinajstić information content (AvgIpc) is 2.62. The van der Waals surface area contributed by atoms with E-state index in [1.54, 1.807) is 24.3 Å². The highest BCUT2D eigenvalue weighted by molar-refractivity contribution is 6.11. The Hall–Kier alpha value is -3.14. The van der Waals surface area contributed by atoms with Crippen LogP contribution in [0.25, 0.3) is 0 Å². The number of carbonyl (C=O) groups excluding carboxylic acids is 3. The quantitative estimate of drug-likeness (QED) is 0.186. The first-order valence-corrected chi connectivity index (χ1v) is 8.70. The van der Waals surface area contributed by atoms with Crippen molar-refractivity contribution in [2.24, 2.45) is 5.73 Å². The molecule has 1 unspecified atom stereocenters. The van der Waals surface area contributed by atoms with E-state index in [2.05, 4.69) is 16.0 Å². The summed E-state index contributed by atoms with van der Waals surface area (Å²) in [5.74, 6) is -1.91. The number of ether oxygens (including phenoxy) is 1. The maximum absolute atomic E-state index is 12.3. The fourth-order valence-electron chi connectivity index (χ4n) is 2.13. The number of anilines is 1. The van der Waals surface area contributed by atoms with Crippen LogP contribution in [0.5, 0.6) is 5.75 Å². The summed E-state index contributed by atoms with van der Waals surface area (Å²) < 4.78 is 5.42. The maximum atomic E-state index is 12.3. The molecule has 154 valence electrons. The zero-order valence-corrected chi connectivity index (χ0v) is 15.9. The SMILES string of the molecule is CC(=O)NCCNC(=O)C(N)(Nc1ccc(OCCCC(=O)O)cc1)C(C)=O. The molecule has 2 amide bonds. The number of carboxylic acid groups (broad SMARTS) is 1. The lowest BCUT2D eigenvalue weighted by Gasteiger charge is -2.27. The minimum atomic E-state index is -1.97. The molecule has 0 radical (unpaired) electrons. The second kappa shape index (κ2) is 10.9. The molecule has 0 aliphatic rings. The van der Waals surface area contributed by atoms with Crippen LogP contribution in [0.4, 0.5) is 5.69 Å². The van der Waals surface area contributed by atoms with Gasteiger partial charge in [-0.3, -0.25) is 24.9 Å². The summed E-state index contributed by atoms with van der Waals surface area (Å²) in [6.45, 7) is 3.13. The molecule has 10 heteroatoms. The van der Waals surface area contributed by atoms with Crippen molar-refractivity contribution in [1.29, 1.82) is 0 Å². The minimum Gasteiger partial charge on any atom is -0.494 e. The van der Waals surface area contributed by atoms with Crippen molar-refractivity contribution >= 4 is 29.3 Å². The van der Waals surface area contributed by atoms with Crippen LogP contribution in [0, 0.1) is 0 Å². The summed E-state index contributed by atoms with van der Waals surface area (Å²) in [5, 5.41) is 16.3. The number of Topliss-reactive ketones (excluding diaryl/α,β-unsaturated/α-hetero) is 1. The largest absolute Gasteiger partial charge is 0.494 e. The number of rotatable bonds is 12. The normalized spacial score (nSPS) is 12.4. The second-order valence-corrected chi connectivity index (χ2v) is 6.10. The van der Waals surface area contributed by atoms with Crippen LogP contribution >= 0.6 is 0 Å². The van der Waals surface area contributed by atoms with E-state index < -0.39 is 23.3 Å². The minimum absolute atomic E-state index is 0.0188. The first kappa shape index (κ1) is 22.9. The van der Waals surface area contributed by atoms with Gasteiger partial charge in [0.1, 0.15) is 5.75 Å². The van der Waals surface area contributed by atoms with Crippen LogP contribution in [-0.2, 0) is 19.2 Å². The van der Waals surface area contributed by atoms with Gasteiger partial charge in [0.15, 0.2) is 5.78 Å². The van der Waals surface area contributed by atoms with Crippen molar-refractivity contribution in [1.82, 2.24) is 10.6 Å². The van der Waals surface area contributed by atoms with Gasteiger partial charge in [-0.05, 0) is 37.6 Å². The molecule has 0 saturated carbocycles. The molecular weight excluding hydrogens is 368 g/mol. The molecule has 0 bridgehead atoms. The van der Waals surface area contributed by atoms with E-state index >= 15 is 0 Å². The van der Waals surface area contributed by atoms with Crippen molar-refractivity contribution in [3.63, 3.8) is 0 Å². The number of nitrogens with one attached hydrogen (secondary N) is 3. The van der Waals surface area contributed by atoms with Crippen LogP contribution in [0.2, 0.25) is 0 Å². The fourth-order valence-corrected chi connectivity index (χ4v) is 2.13. The number of carboxylic acids is 1. The molecule has 1 aromatic carbocycles. The zero-order valence-electron chi connectivity index (χ0n) is 15.9. The van der Waals surface area contributed by atoms with Crippen LogP contribution in [0.15, 0.2) is 24.3 Å². The smallest absolute Gasteiger partial charge is 0.303 e. The number of hydrogen-bond donors (Lipinski definition) is 5. The van der Waals surface area contributed by atoms with Gasteiger partial charge in [0, 0.05) is 32.1 Å². The summed E-state index contributed by atoms with van der Waals surface area (Å²) in [6.07, 6.45) is 0.398. The number of nitrogens with two attached hydrogens (primary N) is 1. The molecule has 0 spiro atoms. The Labute approximate surface area is 162 Å². The summed E-state index contributed by atoms with van der Waals surface area (Å²) in [5.41, 5.74) is 4.43. The van der Waals surface area contributed by atoms with Gasteiger partial charge in [0.2, 0.25) is 11.6 Å². The first-order valence-electron chi connectivity index (χ1n) is 8.70. The van der Waals surface area contributed by atoms with Crippen LogP contribution in [0.3, 0.4) is 0 Å². The van der Waals surface area contributed by atoms with Crippen LogP contribution in [0.1, 0.15) is 26.7 Å². The number of hydrogen-bond acceptors (Lipinski definition) is 7. The summed E-state index contributed by atoms with van der Waals surface area (Å²) in [7, 11) is 0. The fraction of sp³-hybridized carbons (Fsp3) is 0.444. The van der Waals surface area contributed by atoms with E-state index in [4.69, 9.17) is 15.6 Å². The lowest BCUT2D eigenvalue weighted by molar-refractivity contribution is -0.137. The van der Waals surface area contributed by atoms with Gasteiger partial charge in [-0.15, -0.1) is 0 Å². The predicted molar refractivity (Wildman–Crippen MR) is 102 cm³/mol. The number of ketones is 1. The third-order valence-electron chi connectivity index (χ3n) is 3.70. The summed E-state index contributed by atoms with van der Waals surface area (Å²) in [4.78, 5) is 45.6. The highest BCUT2D eigenvalue weighted by Gasteiger charge is 2.39. The summed E-state index contributed by atoms with van der Waals surface area (Å²) in [6, 6.07) is 6.39. The van der Waals surface area contributed by atoms with E-state index in [0.29, 0.717) is 17.9 Å². The molecule has 10 nitrogen and oxygen atoms in total. The van der Waals surface area contributed by atoms with E-state index in [-0.39, 0.29) is 32.0 Å². The third-order valence-corrected chi connectivity index (χ3v) is 3.70. The molecule has 0 heterocycles. The zero-order chi connectivity index (χ0) is 21.2. The average molecular weight is 394 g/mol. The molecule has 1 atom stereocenters. The molecule has 1 rings (SSSR count). The topological polar surface area (TPSA) is 160 Å². The lowest BCUT2D eigenvalue weighted by atomic mass is 10.1. The highest BCUT2D eigenvalue weighted by Crippen LogP contribution is 2.19. The van der Waals surface area contributed by atoms with Gasteiger partial charge in [0.05, 0.1) is 6.61 Å². The van der Waals surface area contributed by atoms with E-state index in [9.17, 15) is 19.2 Å². The predicted octanol–water partition coefficient (Wildman–Crippen LogP) is -0.162. The molecule has 6 N–H and O–H groups in total. The Morgan fingerprint density at radius 2 is 1.68 bits per heavy atom. The van der Waals surface area contributed by atoms with Gasteiger partial charge in [0.25, 0.3) is 5.91 Å². The molecule has 1 aromatic rings. The Bertz CT molecular complexity index is 707. The Morgan fingerprint density at radius 3 is 2.21 bits per heavy atom. The molecule has 0 aliphatic carbocycles. The van der Waals surface area contributed by atoms with Crippen molar-refractivity contribution in [2.45, 2.75) is 32.4 Å². The van der Waals surface area contributed by atoms with Gasteiger partial charge in [-0.2, -0.15) is 0 Å². The maximum Gasteiger partial charge on any atom is 0.303 e. The van der Waals surface area contributed by atoms with Crippen LogP contribution < -0.4 is 26.4 Å². The molecular formula is C18H26N4O6. The number of benzene rings is 1. The third kappa shape index (κ3) is 7.62. The Balaban J connectivity index is 2.64. The van der Waals surface area contributed by atoms with Gasteiger partial charge in [-0.25, -0.2) is 0 Å². The van der Waals surface area contributed by atoms with E-state index in [0.717, 1.165) is 0 Å². The molecule has 0 aliphatic heterocycles. The summed E-state index contributed by atoms with van der Waals surface area (Å²) >= 11 is 0. The number of aliphatic carboxylic acids is 1. The lowest BCUT2D eigenvalue weighted by Crippen LogP contribution is -2.64. The second-order valence-electron chi connectivity index (χ2n) is 6.10. The Kier molecular flexibility index (Phi) is 8.89. The van der Waals surface area contributed by atoms with E-state index in [1.807, 2.05) is 0 Å². The van der Waals surface area contributed by atoms with Crippen LogP contribution in [-0.4, -0.2) is 54.0 Å². The first-order chi connectivity index (χ1) is 13.1. The standard InChI is InChI=1S/C18H26N4O6/c1-12(23)18(19,17(27)21-10-9-20-13(2)24)22-14-5-7-15(8-6-14)28-11-3-4-16(25)26/h5-8,22H,3-4,9-11,19H2,1-2H3,(H,20,24)(H,21,27)(H,25,26). The van der Waals surface area contributed by atoms with Crippen molar-refractivity contribution in [3.05, 3.63) is 24.3 Å². The highest BCUT2D eigenvalue weighted by atomic mass is 16.5. The molecule has 28 heavy (non-hydrogen) atoms. The van der Waals surface area contributed by atoms with Gasteiger partial charge < -0.3 is 25.8 Å². The van der Waals surface area contributed by atoms with Crippen molar-refractivity contribution in [2.75, 3.05) is 25.0 Å². The van der Waals surface area contributed by atoms with E-state index in [1.165, 1.54) is 13.8 Å². The monoisotopic (exact) mass is 394 g/mol. The Morgan fingerprint density at radius 1 is 1.07 bits per heavy atom. The van der Waals surface area contributed by atoms with Crippen molar-refractivity contribution < 1.29 is 29.0 Å². The number of amides is 2. The van der Waals surface area contributed by atoms with Crippen molar-refractivity contribution in [3.8, 4) is 5.75 Å². The number of carbonyl (C=O) groups is 4. The van der Waals surface area contributed by atoms with Gasteiger partial charge >= 0.3 is 5.97 Å². The molecule has 0 fully saturated rings. The molecule has 0 aromatic heterocycles.